The normalized spacial score (nSPS) is 21.9. The molecule has 0 radical (unpaired) electrons. The molecule has 1 N–H and O–H groups in total. The molecular weight excluding hydrogens is 122 g/mol. The van der Waals surface area contributed by atoms with E-state index in [0.29, 0.717) is 0 Å². The highest BCUT2D eigenvalue weighted by atomic mass is 14.9. The Labute approximate surface area is 66.2 Å². The molecule has 1 aliphatic heterocycles. The molecule has 0 aromatic heterocycles. The van der Waals surface area contributed by atoms with Crippen molar-refractivity contribution >= 4 is 0 Å². The summed E-state index contributed by atoms with van der Waals surface area (Å²) in [6.45, 7) is 11.5. The molecule has 1 fully saturated rings. The van der Waals surface area contributed by atoms with Gasteiger partial charge in [-0.2, -0.15) is 0 Å². The van der Waals surface area contributed by atoms with E-state index in [1.807, 2.05) is 27.7 Å². The molecule has 0 aromatic carbocycles. The van der Waals surface area contributed by atoms with Crippen molar-refractivity contribution in [1.29, 1.82) is 0 Å². The monoisotopic (exact) mass is 145 g/mol. The van der Waals surface area contributed by atoms with Crippen molar-refractivity contribution in [3.63, 3.8) is 0 Å². The Kier molecular flexibility index (Phi) is 14.8. The molecule has 1 saturated heterocycles. The van der Waals surface area contributed by atoms with E-state index in [-0.39, 0.29) is 0 Å². The van der Waals surface area contributed by atoms with Crippen LogP contribution in [0.3, 0.4) is 0 Å². The van der Waals surface area contributed by atoms with E-state index >= 15 is 0 Å². The molecular formula is C9H23N. The van der Waals surface area contributed by atoms with Crippen LogP contribution in [0, 0.1) is 0 Å². The van der Waals surface area contributed by atoms with Crippen LogP contribution >= 0.6 is 0 Å². The third-order valence-electron chi connectivity index (χ3n) is 1.31. The first-order valence-electron chi connectivity index (χ1n) is 4.63. The highest BCUT2D eigenvalue weighted by Crippen LogP contribution is 2.01. The third kappa shape index (κ3) is 7.96. The topological polar surface area (TPSA) is 12.0 Å². The van der Waals surface area contributed by atoms with Gasteiger partial charge in [-0.15, -0.1) is 0 Å². The van der Waals surface area contributed by atoms with Gasteiger partial charge in [0.2, 0.25) is 0 Å². The Morgan fingerprint density at radius 2 is 1.60 bits per heavy atom. The predicted molar refractivity (Wildman–Crippen MR) is 49.4 cm³/mol. The maximum atomic E-state index is 3.32. The van der Waals surface area contributed by atoms with Crippen LogP contribution in [0.5, 0.6) is 0 Å². The summed E-state index contributed by atoms with van der Waals surface area (Å²) in [6, 6.07) is 0.796. The minimum absolute atomic E-state index is 0.796. The van der Waals surface area contributed by atoms with Gasteiger partial charge in [0, 0.05) is 6.04 Å². The van der Waals surface area contributed by atoms with E-state index in [9.17, 15) is 0 Å². The lowest BCUT2D eigenvalue weighted by Crippen LogP contribution is -2.16. The lowest BCUT2D eigenvalue weighted by molar-refractivity contribution is 0.664. The molecule has 1 atom stereocenters. The number of rotatable bonds is 0. The SMILES string of the molecule is CC.CC.CC1CCCN1. The number of nitrogens with one attached hydrogen (secondary N) is 1. The van der Waals surface area contributed by atoms with Gasteiger partial charge in [0.1, 0.15) is 0 Å². The summed E-state index contributed by atoms with van der Waals surface area (Å²) >= 11 is 0. The lowest BCUT2D eigenvalue weighted by atomic mass is 10.3. The van der Waals surface area contributed by atoms with Gasteiger partial charge in [0.15, 0.2) is 0 Å². The Hall–Kier alpha value is -0.0400. The number of hydrogen-bond acceptors (Lipinski definition) is 1. The van der Waals surface area contributed by atoms with Gasteiger partial charge in [0.25, 0.3) is 0 Å². The Morgan fingerprint density at radius 3 is 1.70 bits per heavy atom. The highest BCUT2D eigenvalue weighted by molar-refractivity contribution is 4.67. The van der Waals surface area contributed by atoms with E-state index in [4.69, 9.17) is 0 Å². The van der Waals surface area contributed by atoms with E-state index in [1.54, 1.807) is 0 Å². The molecule has 1 heteroatoms. The van der Waals surface area contributed by atoms with Gasteiger partial charge >= 0.3 is 0 Å². The summed E-state index contributed by atoms with van der Waals surface area (Å²) in [5.74, 6) is 0. The molecule has 0 aliphatic carbocycles. The minimum atomic E-state index is 0.796. The lowest BCUT2D eigenvalue weighted by Gasteiger charge is -1.95. The first-order chi connectivity index (χ1) is 4.89. The first kappa shape index (κ1) is 12.6. The molecule has 64 valence electrons. The van der Waals surface area contributed by atoms with E-state index in [2.05, 4.69) is 12.2 Å². The van der Waals surface area contributed by atoms with Crippen molar-refractivity contribution < 1.29 is 0 Å². The maximum Gasteiger partial charge on any atom is 0.00391 e. The molecule has 1 nitrogen and oxygen atoms in total. The molecule has 10 heavy (non-hydrogen) atoms. The van der Waals surface area contributed by atoms with Gasteiger partial charge in [0.05, 0.1) is 0 Å². The largest absolute Gasteiger partial charge is 0.314 e. The first-order valence-corrected chi connectivity index (χ1v) is 4.63. The second-order valence-electron chi connectivity index (χ2n) is 2.00. The summed E-state index contributed by atoms with van der Waals surface area (Å²) in [5, 5.41) is 3.32. The summed E-state index contributed by atoms with van der Waals surface area (Å²) < 4.78 is 0. The van der Waals surface area contributed by atoms with Crippen molar-refractivity contribution in [3.8, 4) is 0 Å². The molecule has 0 spiro atoms. The Balaban J connectivity index is 0. The van der Waals surface area contributed by atoms with E-state index in [0.717, 1.165) is 6.04 Å². The smallest absolute Gasteiger partial charge is 0.00391 e. The second kappa shape index (κ2) is 11.7. The Bertz CT molecular complexity index is 38.0. The zero-order valence-electron chi connectivity index (χ0n) is 8.20. The summed E-state index contributed by atoms with van der Waals surface area (Å²) in [4.78, 5) is 0. The van der Waals surface area contributed by atoms with Gasteiger partial charge in [-0.25, -0.2) is 0 Å². The second-order valence-corrected chi connectivity index (χ2v) is 2.00. The molecule has 1 unspecified atom stereocenters. The zero-order valence-corrected chi connectivity index (χ0v) is 8.20. The van der Waals surface area contributed by atoms with Crippen LogP contribution < -0.4 is 5.32 Å². The molecule has 0 bridgehead atoms. The van der Waals surface area contributed by atoms with Crippen LogP contribution in [-0.4, -0.2) is 12.6 Å². The van der Waals surface area contributed by atoms with Gasteiger partial charge in [-0.3, -0.25) is 0 Å². The van der Waals surface area contributed by atoms with Gasteiger partial charge in [-0.1, -0.05) is 27.7 Å². The maximum absolute atomic E-state index is 3.32. The van der Waals surface area contributed by atoms with E-state index in [1.165, 1.54) is 19.4 Å². The highest BCUT2D eigenvalue weighted by Gasteiger charge is 2.05. The molecule has 0 amide bonds. The van der Waals surface area contributed by atoms with Crippen molar-refractivity contribution in [2.24, 2.45) is 0 Å². The molecule has 0 aromatic rings. The quantitative estimate of drug-likeness (QED) is 0.552. The molecule has 1 heterocycles. The zero-order chi connectivity index (χ0) is 8.41. The number of hydrogen-bond donors (Lipinski definition) is 1. The predicted octanol–water partition coefficient (Wildman–Crippen LogP) is 2.81. The summed E-state index contributed by atoms with van der Waals surface area (Å²) in [7, 11) is 0. The average Bonchev–Trinajstić information content (AvgIpc) is 2.48. The van der Waals surface area contributed by atoms with Crippen molar-refractivity contribution in [3.05, 3.63) is 0 Å². The molecule has 1 aliphatic rings. The van der Waals surface area contributed by atoms with Crippen LogP contribution in [0.15, 0.2) is 0 Å². The standard InChI is InChI=1S/C5H11N.2C2H6/c1-5-3-2-4-6-5;2*1-2/h5-6H,2-4H2,1H3;2*1-2H3. The van der Waals surface area contributed by atoms with Crippen LogP contribution in [0.25, 0.3) is 0 Å². The summed E-state index contributed by atoms with van der Waals surface area (Å²) in [5.41, 5.74) is 0. The van der Waals surface area contributed by atoms with Crippen molar-refractivity contribution in [2.45, 2.75) is 53.5 Å². The van der Waals surface area contributed by atoms with Crippen LogP contribution in [0.1, 0.15) is 47.5 Å². The van der Waals surface area contributed by atoms with Crippen LogP contribution in [-0.2, 0) is 0 Å². The minimum Gasteiger partial charge on any atom is -0.314 e. The van der Waals surface area contributed by atoms with Gasteiger partial charge < -0.3 is 5.32 Å². The third-order valence-corrected chi connectivity index (χ3v) is 1.31. The fourth-order valence-corrected chi connectivity index (χ4v) is 0.859. The van der Waals surface area contributed by atoms with Crippen molar-refractivity contribution in [2.75, 3.05) is 6.54 Å². The fourth-order valence-electron chi connectivity index (χ4n) is 0.859. The summed E-state index contributed by atoms with van der Waals surface area (Å²) in [6.07, 6.45) is 2.75. The van der Waals surface area contributed by atoms with Crippen LogP contribution in [0.4, 0.5) is 0 Å². The average molecular weight is 145 g/mol. The Morgan fingerprint density at radius 1 is 1.10 bits per heavy atom. The van der Waals surface area contributed by atoms with Crippen LogP contribution in [0.2, 0.25) is 0 Å². The van der Waals surface area contributed by atoms with Gasteiger partial charge in [-0.05, 0) is 26.3 Å². The molecule has 1 rings (SSSR count). The molecule has 0 saturated carbocycles. The van der Waals surface area contributed by atoms with E-state index < -0.39 is 0 Å². The van der Waals surface area contributed by atoms with Crippen molar-refractivity contribution in [1.82, 2.24) is 5.32 Å². The fraction of sp³-hybridized carbons (Fsp3) is 1.00.